The van der Waals surface area contributed by atoms with Crippen molar-refractivity contribution < 1.29 is 9.13 Å². The molecule has 0 saturated carbocycles. The standard InChI is InChI=1S/C18H24FN3OS.HI/c1-4-20-18(21-11-13(2)17-6-5-9-24-17)22-12-14-7-8-16(23-3)15(19)10-14;/h5-10,13H,4,11-12H2,1-3H3,(H2,20,21,22);1H. The van der Waals surface area contributed by atoms with Crippen LogP contribution in [0.5, 0.6) is 5.75 Å². The minimum atomic E-state index is -0.366. The predicted molar refractivity (Wildman–Crippen MR) is 114 cm³/mol. The molecule has 0 amide bonds. The summed E-state index contributed by atoms with van der Waals surface area (Å²) in [5.41, 5.74) is 0.803. The Balaban J connectivity index is 0.00000312. The molecule has 25 heavy (non-hydrogen) atoms. The van der Waals surface area contributed by atoms with E-state index in [0.717, 1.165) is 24.6 Å². The average Bonchev–Trinajstić information content (AvgIpc) is 3.12. The first-order chi connectivity index (χ1) is 11.6. The lowest BCUT2D eigenvalue weighted by molar-refractivity contribution is 0.386. The molecule has 0 spiro atoms. The zero-order valence-electron chi connectivity index (χ0n) is 14.7. The monoisotopic (exact) mass is 477 g/mol. The van der Waals surface area contributed by atoms with Gasteiger partial charge in [0.15, 0.2) is 17.5 Å². The van der Waals surface area contributed by atoms with Crippen LogP contribution in [0.1, 0.15) is 30.2 Å². The fourth-order valence-corrected chi connectivity index (χ4v) is 3.03. The van der Waals surface area contributed by atoms with Crippen LogP contribution >= 0.6 is 35.3 Å². The van der Waals surface area contributed by atoms with Gasteiger partial charge in [-0.3, -0.25) is 0 Å². The molecule has 2 N–H and O–H groups in total. The predicted octanol–water partition coefficient (Wildman–Crippen LogP) is 4.37. The van der Waals surface area contributed by atoms with Gasteiger partial charge in [0, 0.05) is 23.9 Å². The number of nitrogens with zero attached hydrogens (tertiary/aromatic N) is 1. The van der Waals surface area contributed by atoms with E-state index >= 15 is 0 Å². The number of rotatable bonds is 7. The summed E-state index contributed by atoms with van der Waals surface area (Å²) in [6.45, 7) is 6.18. The molecule has 1 atom stereocenters. The molecule has 0 aliphatic rings. The maximum Gasteiger partial charge on any atom is 0.191 e. The molecular weight excluding hydrogens is 452 g/mol. The van der Waals surface area contributed by atoms with Crippen molar-refractivity contribution in [3.8, 4) is 5.75 Å². The fraction of sp³-hybridized carbons (Fsp3) is 0.389. The van der Waals surface area contributed by atoms with Crippen molar-refractivity contribution in [1.29, 1.82) is 0 Å². The Morgan fingerprint density at radius 2 is 2.12 bits per heavy atom. The molecule has 0 fully saturated rings. The van der Waals surface area contributed by atoms with Crippen LogP contribution in [0.4, 0.5) is 4.39 Å². The third-order valence-corrected chi connectivity index (χ3v) is 4.69. The summed E-state index contributed by atoms with van der Waals surface area (Å²) < 4.78 is 18.7. The van der Waals surface area contributed by atoms with E-state index in [1.54, 1.807) is 17.4 Å². The highest BCUT2D eigenvalue weighted by atomic mass is 127. The molecule has 0 radical (unpaired) electrons. The third kappa shape index (κ3) is 6.81. The summed E-state index contributed by atoms with van der Waals surface area (Å²) in [7, 11) is 1.46. The maximum absolute atomic E-state index is 13.7. The van der Waals surface area contributed by atoms with Crippen molar-refractivity contribution in [3.05, 3.63) is 52.0 Å². The highest BCUT2D eigenvalue weighted by molar-refractivity contribution is 14.0. The number of hydrogen-bond acceptors (Lipinski definition) is 3. The van der Waals surface area contributed by atoms with Crippen molar-refractivity contribution in [2.75, 3.05) is 20.2 Å². The van der Waals surface area contributed by atoms with Gasteiger partial charge in [0.05, 0.1) is 13.7 Å². The minimum Gasteiger partial charge on any atom is -0.494 e. The molecule has 1 heterocycles. The summed E-state index contributed by atoms with van der Waals surface area (Å²) in [5, 5.41) is 8.64. The number of methoxy groups -OCH3 is 1. The number of nitrogens with one attached hydrogen (secondary N) is 2. The molecule has 1 aromatic carbocycles. The molecule has 4 nitrogen and oxygen atoms in total. The number of halogens is 2. The van der Waals surface area contributed by atoms with Crippen LogP contribution in [-0.4, -0.2) is 26.2 Å². The number of aliphatic imine (C=N–C) groups is 1. The van der Waals surface area contributed by atoms with E-state index in [0.29, 0.717) is 12.5 Å². The number of benzene rings is 1. The molecule has 1 aromatic heterocycles. The molecule has 138 valence electrons. The number of thiophene rings is 1. The quantitative estimate of drug-likeness (QED) is 0.354. The lowest BCUT2D eigenvalue weighted by Gasteiger charge is -2.15. The van der Waals surface area contributed by atoms with Gasteiger partial charge in [0.25, 0.3) is 0 Å². The lowest BCUT2D eigenvalue weighted by Crippen LogP contribution is -2.39. The van der Waals surface area contributed by atoms with Gasteiger partial charge in [0.2, 0.25) is 0 Å². The summed E-state index contributed by atoms with van der Waals surface area (Å²) in [4.78, 5) is 5.87. The second-order valence-electron chi connectivity index (χ2n) is 5.46. The van der Waals surface area contributed by atoms with Gasteiger partial charge in [-0.15, -0.1) is 35.3 Å². The van der Waals surface area contributed by atoms with Gasteiger partial charge < -0.3 is 15.4 Å². The first-order valence-electron chi connectivity index (χ1n) is 8.02. The van der Waals surface area contributed by atoms with E-state index in [-0.39, 0.29) is 35.5 Å². The lowest BCUT2D eigenvalue weighted by atomic mass is 10.1. The Bertz CT molecular complexity index is 664. The Labute approximate surface area is 169 Å². The molecule has 0 bridgehead atoms. The highest BCUT2D eigenvalue weighted by Gasteiger charge is 2.08. The van der Waals surface area contributed by atoms with Crippen molar-refractivity contribution in [2.24, 2.45) is 4.99 Å². The van der Waals surface area contributed by atoms with Crippen LogP contribution < -0.4 is 15.4 Å². The van der Waals surface area contributed by atoms with Crippen LogP contribution in [0.2, 0.25) is 0 Å². The van der Waals surface area contributed by atoms with Crippen molar-refractivity contribution in [2.45, 2.75) is 26.3 Å². The summed E-state index contributed by atoms with van der Waals surface area (Å²) in [6.07, 6.45) is 0. The molecular formula is C18H25FIN3OS. The van der Waals surface area contributed by atoms with E-state index in [4.69, 9.17) is 4.74 Å². The molecule has 0 aliphatic carbocycles. The Morgan fingerprint density at radius 3 is 2.72 bits per heavy atom. The molecule has 0 saturated heterocycles. The topological polar surface area (TPSA) is 45.7 Å². The molecule has 1 unspecified atom stereocenters. The number of ether oxygens (including phenoxy) is 1. The average molecular weight is 477 g/mol. The zero-order valence-corrected chi connectivity index (χ0v) is 17.9. The SMILES string of the molecule is CCNC(=NCc1ccc(OC)c(F)c1)NCC(C)c1cccs1.I. The van der Waals surface area contributed by atoms with Crippen LogP contribution in [0.25, 0.3) is 0 Å². The summed E-state index contributed by atoms with van der Waals surface area (Å²) in [5.74, 6) is 1.02. The van der Waals surface area contributed by atoms with Crippen LogP contribution in [0.3, 0.4) is 0 Å². The zero-order chi connectivity index (χ0) is 17.4. The van der Waals surface area contributed by atoms with E-state index < -0.39 is 0 Å². The Hall–Kier alpha value is -1.35. The third-order valence-electron chi connectivity index (χ3n) is 3.58. The number of hydrogen-bond donors (Lipinski definition) is 2. The van der Waals surface area contributed by atoms with Gasteiger partial charge in [0.1, 0.15) is 0 Å². The van der Waals surface area contributed by atoms with Gasteiger partial charge in [-0.1, -0.05) is 19.1 Å². The molecule has 7 heteroatoms. The summed E-state index contributed by atoms with van der Waals surface area (Å²) >= 11 is 1.76. The van der Waals surface area contributed by atoms with Gasteiger partial charge in [-0.25, -0.2) is 9.38 Å². The minimum absolute atomic E-state index is 0. The van der Waals surface area contributed by atoms with Gasteiger partial charge >= 0.3 is 0 Å². The Kier molecular flexibility index (Phi) is 9.81. The normalized spacial score (nSPS) is 12.2. The smallest absolute Gasteiger partial charge is 0.191 e. The first-order valence-corrected chi connectivity index (χ1v) is 8.90. The van der Waals surface area contributed by atoms with Crippen LogP contribution in [0, 0.1) is 5.82 Å². The Morgan fingerprint density at radius 1 is 1.32 bits per heavy atom. The largest absolute Gasteiger partial charge is 0.494 e. The van der Waals surface area contributed by atoms with Gasteiger partial charge in [-0.05, 0) is 36.1 Å². The van der Waals surface area contributed by atoms with Crippen molar-refractivity contribution in [1.82, 2.24) is 10.6 Å². The van der Waals surface area contributed by atoms with E-state index in [2.05, 4.69) is 40.1 Å². The van der Waals surface area contributed by atoms with Crippen molar-refractivity contribution in [3.63, 3.8) is 0 Å². The first kappa shape index (κ1) is 21.7. The van der Waals surface area contributed by atoms with Crippen LogP contribution in [-0.2, 0) is 6.54 Å². The molecule has 2 aromatic rings. The maximum atomic E-state index is 13.7. The van der Waals surface area contributed by atoms with Crippen LogP contribution in [0.15, 0.2) is 40.7 Å². The highest BCUT2D eigenvalue weighted by Crippen LogP contribution is 2.20. The second-order valence-corrected chi connectivity index (χ2v) is 6.44. The van der Waals surface area contributed by atoms with Gasteiger partial charge in [-0.2, -0.15) is 0 Å². The van der Waals surface area contributed by atoms with Crippen molar-refractivity contribution >= 4 is 41.3 Å². The van der Waals surface area contributed by atoms with E-state index in [1.807, 2.05) is 13.0 Å². The number of guanidine groups is 1. The van der Waals surface area contributed by atoms with E-state index in [9.17, 15) is 4.39 Å². The summed E-state index contributed by atoms with van der Waals surface area (Å²) in [6, 6.07) is 9.11. The molecule has 0 aliphatic heterocycles. The fourth-order valence-electron chi connectivity index (χ4n) is 2.24. The second kappa shape index (κ2) is 11.3. The molecule has 2 rings (SSSR count). The van der Waals surface area contributed by atoms with E-state index in [1.165, 1.54) is 18.1 Å².